The van der Waals surface area contributed by atoms with Gasteiger partial charge in [-0.3, -0.25) is 37.3 Å². The zero-order chi connectivity index (χ0) is 78.8. The maximum Gasteiger partial charge on any atom is 0.297 e. The van der Waals surface area contributed by atoms with E-state index in [0.717, 1.165) is 47.8 Å². The van der Waals surface area contributed by atoms with Gasteiger partial charge in [-0.25, -0.2) is 4.98 Å². The van der Waals surface area contributed by atoms with E-state index in [1.165, 1.54) is 80.2 Å². The van der Waals surface area contributed by atoms with Crippen molar-refractivity contribution in [1.29, 1.82) is 5.26 Å². The number of imidazole rings is 1. The number of non-ortho nitro benzene ring substituents is 1. The van der Waals surface area contributed by atoms with Crippen LogP contribution < -0.4 is 25.4 Å². The fourth-order valence-corrected chi connectivity index (χ4v) is 14.9. The van der Waals surface area contributed by atoms with Gasteiger partial charge in [0.2, 0.25) is 23.7 Å². The number of fused-ring (bicyclic) bond motifs is 3. The number of rotatable bonds is 34. The third-order valence-corrected chi connectivity index (χ3v) is 21.6. The van der Waals surface area contributed by atoms with E-state index >= 15 is 0 Å². The van der Waals surface area contributed by atoms with Crippen LogP contribution in [-0.2, 0) is 57.1 Å². The Balaban J connectivity index is 1.13. The van der Waals surface area contributed by atoms with Crippen LogP contribution in [0.5, 0.6) is 17.4 Å². The van der Waals surface area contributed by atoms with Gasteiger partial charge < -0.3 is 34.9 Å². The Labute approximate surface area is 628 Å². The molecule has 0 saturated heterocycles. The summed E-state index contributed by atoms with van der Waals surface area (Å²) in [5.41, 5.74) is 0.514. The molecule has 0 unspecified atom stereocenters. The number of nitrogens with one attached hydrogen (secondary N) is 3. The predicted octanol–water partition coefficient (Wildman–Crippen LogP) is 14.3. The molecule has 570 valence electrons. The maximum atomic E-state index is 12.4. The van der Waals surface area contributed by atoms with E-state index in [9.17, 15) is 85.3 Å². The Morgan fingerprint density at radius 2 is 1.20 bits per heavy atom. The molecule has 0 fully saturated rings. The Bertz CT molecular complexity index is 5990. The van der Waals surface area contributed by atoms with Crippen molar-refractivity contribution in [2.24, 2.45) is 40.9 Å². The zero-order valence-corrected chi connectivity index (χ0v) is 62.6. The van der Waals surface area contributed by atoms with Crippen LogP contribution in [0.15, 0.2) is 180 Å². The first-order chi connectivity index (χ1) is 51.5. The van der Waals surface area contributed by atoms with Gasteiger partial charge in [0.15, 0.2) is 11.3 Å². The van der Waals surface area contributed by atoms with Crippen LogP contribution in [0, 0.1) is 42.2 Å². The summed E-state index contributed by atoms with van der Waals surface area (Å²) in [6, 6.07) is 26.3. The number of nitrogens with zero attached hydrogens (tertiary/aromatic N) is 15. The van der Waals surface area contributed by atoms with Gasteiger partial charge in [-0.05, 0) is 142 Å². The molecule has 0 amide bonds. The number of azo groups is 4. The third kappa shape index (κ3) is 21.6. The summed E-state index contributed by atoms with van der Waals surface area (Å²) in [4.78, 5) is 27.8. The minimum absolute atomic E-state index is 0.000739. The molecule has 0 atom stereocenters. The molecule has 0 aliphatic heterocycles. The number of hydrogen-bond acceptors (Lipinski definition) is 34. The predicted molar refractivity (Wildman–Crippen MR) is 398 cm³/mol. The molecule has 4 heterocycles. The standard InChI is InChI=1S/C63H60N18O21S7/c1-35-24-50(76-79-58-37(3)43(33-64)59-67-49-28-40(100-4)14-16-53(49)80(59)60(58)82)54(102-18-7-21-105(85,86)87)30-45(35)73-78-52-29-47(68-63-70-61(65-34-41-11-6-17-101-41)69-62(71-63)66-38-10-5-12-42(26-38)108(94,95)96)48(32-56(52)104-20-9-23-107(91,92)93)75-77-51-25-36(2)46(31-55(51)103-19-8-22-106(88,89)90)74-72-44-15-13-39(81(83)84)27-57(44)109(97,98)99/h5-6,10-17,24-32,82H,7-9,18-23,34H2,1-4H3,(H,85,86,87)(H,88,89,90)(H,91,92,93)(H,94,95,96)(H,97,98,99)(H3,65,66,68,69,70,71). The molecule has 10 rings (SSSR count). The van der Waals surface area contributed by atoms with Gasteiger partial charge in [0.25, 0.3) is 56.3 Å². The zero-order valence-electron chi connectivity index (χ0n) is 56.9. The molecule has 10 aromatic rings. The second-order valence-electron chi connectivity index (χ2n) is 23.1. The van der Waals surface area contributed by atoms with Crippen molar-refractivity contribution in [3.05, 3.63) is 154 Å². The molecule has 9 N–H and O–H groups in total. The number of benzene rings is 6. The van der Waals surface area contributed by atoms with Crippen LogP contribution in [-0.4, -0.2) is 142 Å². The number of aromatic nitrogens is 5. The van der Waals surface area contributed by atoms with Gasteiger partial charge in [-0.2, -0.15) is 72.5 Å². The average Bonchev–Trinajstić information content (AvgIpc) is 1.61. The molecular formula is C63H60N18O21S7. The minimum atomic E-state index is -5.11. The lowest BCUT2D eigenvalue weighted by Gasteiger charge is -2.15. The normalized spacial score (nSPS) is 12.5. The summed E-state index contributed by atoms with van der Waals surface area (Å²) < 4.78 is 188. The molecule has 0 radical (unpaired) electrons. The number of hydrogen-bond donors (Lipinski definition) is 9. The molecule has 0 bridgehead atoms. The number of aromatic hydroxyl groups is 1. The maximum absolute atomic E-state index is 12.4. The van der Waals surface area contributed by atoms with Crippen molar-refractivity contribution in [3.8, 4) is 23.4 Å². The smallest absolute Gasteiger partial charge is 0.297 e. The fourth-order valence-electron chi connectivity index (χ4n) is 9.98. The van der Waals surface area contributed by atoms with Crippen LogP contribution in [0.3, 0.4) is 0 Å². The van der Waals surface area contributed by atoms with Crippen molar-refractivity contribution < 1.29 is 88.8 Å². The lowest BCUT2D eigenvalue weighted by atomic mass is 10.1. The topological polar surface area (TPSA) is 582 Å². The van der Waals surface area contributed by atoms with Gasteiger partial charge >= 0.3 is 0 Å². The van der Waals surface area contributed by atoms with Crippen LogP contribution in [0.1, 0.15) is 47.3 Å². The molecule has 46 heteroatoms. The minimum Gasteiger partial charge on any atom is -0.497 e. The highest BCUT2D eigenvalue weighted by molar-refractivity contribution is 7.99. The highest BCUT2D eigenvalue weighted by atomic mass is 32.2. The van der Waals surface area contributed by atoms with Crippen LogP contribution >= 0.6 is 23.5 Å². The number of ether oxygens (including phenoxy) is 2. The van der Waals surface area contributed by atoms with E-state index in [0.29, 0.717) is 34.2 Å². The Hall–Kier alpha value is -11.1. The van der Waals surface area contributed by atoms with Gasteiger partial charge in [0.05, 0.1) is 87.4 Å². The summed E-state index contributed by atoms with van der Waals surface area (Å²) in [6.07, 6.45) is 0.944. The first-order valence-corrected chi connectivity index (χ1v) is 41.1. The number of nitro benzene ring substituents is 1. The molecule has 109 heavy (non-hydrogen) atoms. The molecule has 4 aromatic heterocycles. The SMILES string of the molecule is COc1ccc2c(c1)nc1c(C#N)c(C)c(N=Nc3cc(C)c(N=Nc4cc(Nc5nc(NCc6ccco6)nc(Nc6cccc(S(=O)(=O)O)c6)n5)c(N=Nc5cc(C)c(N=Nc6ccc([N+](=O)[O-])cc6S(=O)(=O)O)cc5SCCCS(=O)(=O)O)cc4SCCCS(=O)(=O)O)cc3OCCCS(=O)(=O)O)c(O)n12. The second kappa shape index (κ2) is 34.0. The number of anilines is 5. The van der Waals surface area contributed by atoms with Crippen molar-refractivity contribution in [1.82, 2.24) is 24.3 Å². The second-order valence-corrected chi connectivity index (χ2v) is 32.9. The van der Waals surface area contributed by atoms with Crippen molar-refractivity contribution in [2.75, 3.05) is 58.4 Å². The van der Waals surface area contributed by atoms with E-state index in [2.05, 4.69) is 82.9 Å². The summed E-state index contributed by atoms with van der Waals surface area (Å²) in [5, 5.41) is 78.4. The highest BCUT2D eigenvalue weighted by Gasteiger charge is 2.25. The summed E-state index contributed by atoms with van der Waals surface area (Å²) in [6.45, 7) is 4.33. The number of methoxy groups -OCH3 is 1. The van der Waals surface area contributed by atoms with Gasteiger partial charge in [0, 0.05) is 45.3 Å². The van der Waals surface area contributed by atoms with E-state index in [1.54, 1.807) is 37.3 Å². The van der Waals surface area contributed by atoms with Crippen LogP contribution in [0.2, 0.25) is 0 Å². The number of furan rings is 1. The van der Waals surface area contributed by atoms with E-state index < -0.39 is 99.8 Å². The van der Waals surface area contributed by atoms with Crippen LogP contribution in [0.4, 0.5) is 80.4 Å². The van der Waals surface area contributed by atoms with Crippen molar-refractivity contribution in [2.45, 2.75) is 66.2 Å². The van der Waals surface area contributed by atoms with Gasteiger partial charge in [0.1, 0.15) is 56.5 Å². The van der Waals surface area contributed by atoms with E-state index in [-0.39, 0.29) is 151 Å². The first-order valence-electron chi connectivity index (χ1n) is 31.4. The molecule has 39 nitrogen and oxygen atoms in total. The number of nitro groups is 1. The number of nitriles is 1. The Kier molecular flexibility index (Phi) is 25.1. The largest absolute Gasteiger partial charge is 0.497 e. The van der Waals surface area contributed by atoms with Crippen molar-refractivity contribution in [3.63, 3.8) is 0 Å². The summed E-state index contributed by atoms with van der Waals surface area (Å²) in [5.74, 6) is -2.33. The number of pyridine rings is 1. The van der Waals surface area contributed by atoms with Gasteiger partial charge in [-0.15, -0.1) is 54.2 Å². The van der Waals surface area contributed by atoms with E-state index in [4.69, 9.17) is 13.9 Å². The molecule has 0 saturated carbocycles. The average molecular weight is 1630 g/mol. The molecule has 0 aliphatic carbocycles. The number of aryl methyl sites for hydroxylation is 2. The first kappa shape index (κ1) is 80.4. The summed E-state index contributed by atoms with van der Waals surface area (Å²) in [7, 11) is -21.8. The fraction of sp³-hybridized carbons (Fsp3) is 0.222. The van der Waals surface area contributed by atoms with Gasteiger partial charge in [-0.1, -0.05) is 6.07 Å². The lowest BCUT2D eigenvalue weighted by molar-refractivity contribution is -0.385. The lowest BCUT2D eigenvalue weighted by Crippen LogP contribution is -2.09. The van der Waals surface area contributed by atoms with Crippen molar-refractivity contribution >= 4 is 171 Å². The highest BCUT2D eigenvalue weighted by Crippen LogP contribution is 2.46. The quantitative estimate of drug-likeness (QED) is 0.00452. The van der Waals surface area contributed by atoms with E-state index in [1.807, 2.05) is 0 Å². The third-order valence-electron chi connectivity index (χ3n) is 15.2. The molecule has 0 spiro atoms. The monoisotopic (exact) mass is 1630 g/mol. The number of thioether (sulfide) groups is 2. The Morgan fingerprint density at radius 1 is 0.615 bits per heavy atom. The molecular weight excluding hydrogens is 1570 g/mol. The van der Waals surface area contributed by atoms with Crippen LogP contribution in [0.25, 0.3) is 16.7 Å². The molecule has 6 aromatic carbocycles. The Morgan fingerprint density at radius 3 is 1.82 bits per heavy atom. The summed E-state index contributed by atoms with van der Waals surface area (Å²) >= 11 is 2.01. The molecule has 0 aliphatic rings.